The van der Waals surface area contributed by atoms with Gasteiger partial charge in [0.1, 0.15) is 0 Å². The molecule has 1 aromatic rings. The molecule has 0 atom stereocenters. The third kappa shape index (κ3) is 4.57. The predicted octanol–water partition coefficient (Wildman–Crippen LogP) is 2.32. The average molecular weight is 344 g/mol. The molecule has 20 heavy (non-hydrogen) atoms. The van der Waals surface area contributed by atoms with E-state index in [0.717, 1.165) is 5.56 Å². The number of rotatable bonds is 7. The Labute approximate surface area is 126 Å². The number of hydrogen-bond acceptors (Lipinski definition) is 4. The highest BCUT2D eigenvalue weighted by Crippen LogP contribution is 2.25. The van der Waals surface area contributed by atoms with E-state index in [9.17, 15) is 14.9 Å². The number of amides is 1. The Kier molecular flexibility index (Phi) is 6.60. The van der Waals surface area contributed by atoms with Crippen LogP contribution in [0, 0.1) is 10.1 Å². The number of nitrogens with one attached hydrogen (secondary N) is 1. The molecule has 6 nitrogen and oxygen atoms in total. The van der Waals surface area contributed by atoms with E-state index < -0.39 is 4.92 Å². The van der Waals surface area contributed by atoms with Gasteiger partial charge in [0, 0.05) is 25.7 Å². The molecule has 0 heterocycles. The zero-order chi connectivity index (χ0) is 15.1. The molecule has 0 radical (unpaired) electrons. The lowest BCUT2D eigenvalue weighted by Crippen LogP contribution is -2.37. The summed E-state index contributed by atoms with van der Waals surface area (Å²) in [5, 5.41) is 13.8. The molecule has 0 bridgehead atoms. The first kappa shape index (κ1) is 16.6. The van der Waals surface area contributed by atoms with Crippen LogP contribution in [-0.4, -0.2) is 35.4 Å². The number of likely N-dealkylation sites (N-methyl/N-ethyl adjacent to an activating group) is 1. The number of carbonyl (C=O) groups excluding carboxylic acids is 1. The van der Waals surface area contributed by atoms with Gasteiger partial charge in [-0.25, -0.2) is 0 Å². The van der Waals surface area contributed by atoms with Crippen molar-refractivity contribution in [3.05, 3.63) is 38.3 Å². The van der Waals surface area contributed by atoms with Gasteiger partial charge in [0.25, 0.3) is 5.69 Å². The molecule has 1 amide bonds. The summed E-state index contributed by atoms with van der Waals surface area (Å²) in [6, 6.07) is 4.92. The van der Waals surface area contributed by atoms with Crippen molar-refractivity contribution < 1.29 is 9.72 Å². The Balaban J connectivity index is 2.56. The third-order valence-electron chi connectivity index (χ3n) is 2.93. The number of nitro groups is 1. The highest BCUT2D eigenvalue weighted by atomic mass is 79.9. The molecular formula is C13H18BrN3O3. The highest BCUT2D eigenvalue weighted by molar-refractivity contribution is 9.10. The second-order valence-electron chi connectivity index (χ2n) is 4.21. The van der Waals surface area contributed by atoms with E-state index >= 15 is 0 Å². The van der Waals surface area contributed by atoms with Gasteiger partial charge in [-0.2, -0.15) is 0 Å². The topological polar surface area (TPSA) is 75.5 Å². The Hall–Kier alpha value is -1.47. The fraction of sp³-hybridized carbons (Fsp3) is 0.462. The molecule has 0 spiro atoms. The maximum Gasteiger partial charge on any atom is 0.283 e. The molecule has 0 aliphatic carbocycles. The molecule has 1 aromatic carbocycles. The lowest BCUT2D eigenvalue weighted by Gasteiger charge is -2.18. The van der Waals surface area contributed by atoms with Gasteiger partial charge >= 0.3 is 0 Å². The van der Waals surface area contributed by atoms with Crippen LogP contribution in [-0.2, 0) is 11.3 Å². The number of halogens is 1. The van der Waals surface area contributed by atoms with Gasteiger partial charge in [-0.15, -0.1) is 0 Å². The maximum absolute atomic E-state index is 11.8. The SMILES string of the molecule is CCN(CC)C(=O)CNCc1ccc(Br)c([N+](=O)[O-])c1. The van der Waals surface area contributed by atoms with E-state index in [2.05, 4.69) is 21.2 Å². The number of carbonyl (C=O) groups is 1. The van der Waals surface area contributed by atoms with Gasteiger partial charge in [-0.3, -0.25) is 14.9 Å². The molecule has 1 rings (SSSR count). The summed E-state index contributed by atoms with van der Waals surface area (Å²) in [5.41, 5.74) is 0.798. The first-order valence-corrected chi connectivity index (χ1v) is 7.20. The Bertz CT molecular complexity index is 490. The highest BCUT2D eigenvalue weighted by Gasteiger charge is 2.13. The summed E-state index contributed by atoms with van der Waals surface area (Å²) in [7, 11) is 0. The second-order valence-corrected chi connectivity index (χ2v) is 5.07. The minimum absolute atomic E-state index is 0.0272. The summed E-state index contributed by atoms with van der Waals surface area (Å²) in [6.45, 7) is 5.87. The Morgan fingerprint density at radius 3 is 2.60 bits per heavy atom. The zero-order valence-corrected chi connectivity index (χ0v) is 13.1. The fourth-order valence-corrected chi connectivity index (χ4v) is 2.20. The predicted molar refractivity (Wildman–Crippen MR) is 80.4 cm³/mol. The molecule has 0 unspecified atom stereocenters. The van der Waals surface area contributed by atoms with E-state index in [0.29, 0.717) is 24.1 Å². The van der Waals surface area contributed by atoms with Crippen molar-refractivity contribution in [1.82, 2.24) is 10.2 Å². The summed E-state index contributed by atoms with van der Waals surface area (Å²) in [6.07, 6.45) is 0. The van der Waals surface area contributed by atoms with Crippen molar-refractivity contribution in [3.63, 3.8) is 0 Å². The van der Waals surface area contributed by atoms with E-state index in [1.807, 2.05) is 13.8 Å². The standard InChI is InChI=1S/C13H18BrN3O3/c1-3-16(4-2)13(18)9-15-8-10-5-6-11(14)12(7-10)17(19)20/h5-7,15H,3-4,8-9H2,1-2H3. The largest absolute Gasteiger partial charge is 0.342 e. The van der Waals surface area contributed by atoms with Gasteiger partial charge in [-0.05, 0) is 41.4 Å². The van der Waals surface area contributed by atoms with Gasteiger partial charge < -0.3 is 10.2 Å². The van der Waals surface area contributed by atoms with E-state index in [1.54, 1.807) is 17.0 Å². The quantitative estimate of drug-likeness (QED) is 0.608. The maximum atomic E-state index is 11.8. The van der Waals surface area contributed by atoms with Crippen LogP contribution in [0.1, 0.15) is 19.4 Å². The van der Waals surface area contributed by atoms with Crippen LogP contribution in [0.25, 0.3) is 0 Å². The molecular weight excluding hydrogens is 326 g/mol. The second kappa shape index (κ2) is 7.96. The molecule has 0 aliphatic heterocycles. The first-order valence-electron chi connectivity index (χ1n) is 6.40. The number of nitro benzene ring substituents is 1. The van der Waals surface area contributed by atoms with Gasteiger partial charge in [0.15, 0.2) is 0 Å². The van der Waals surface area contributed by atoms with Crippen molar-refractivity contribution in [2.24, 2.45) is 0 Å². The smallest absolute Gasteiger partial charge is 0.283 e. The zero-order valence-electron chi connectivity index (χ0n) is 11.6. The lowest BCUT2D eigenvalue weighted by molar-refractivity contribution is -0.385. The first-order chi connectivity index (χ1) is 9.49. The minimum Gasteiger partial charge on any atom is -0.342 e. The van der Waals surface area contributed by atoms with Gasteiger partial charge in [0.05, 0.1) is 15.9 Å². The van der Waals surface area contributed by atoms with Gasteiger partial charge in [0.2, 0.25) is 5.91 Å². The summed E-state index contributed by atoms with van der Waals surface area (Å²) < 4.78 is 0.450. The molecule has 0 aromatic heterocycles. The molecule has 0 saturated carbocycles. The van der Waals surface area contributed by atoms with Crippen LogP contribution in [0.4, 0.5) is 5.69 Å². The van der Waals surface area contributed by atoms with Gasteiger partial charge in [-0.1, -0.05) is 6.07 Å². The van der Waals surface area contributed by atoms with Crippen LogP contribution in [0.5, 0.6) is 0 Å². The number of nitrogens with zero attached hydrogens (tertiary/aromatic N) is 2. The number of hydrogen-bond donors (Lipinski definition) is 1. The minimum atomic E-state index is -0.436. The normalized spacial score (nSPS) is 10.3. The van der Waals surface area contributed by atoms with E-state index in [-0.39, 0.29) is 18.1 Å². The Morgan fingerprint density at radius 1 is 1.40 bits per heavy atom. The average Bonchev–Trinajstić information content (AvgIpc) is 2.41. The molecule has 0 saturated heterocycles. The lowest BCUT2D eigenvalue weighted by atomic mass is 10.2. The molecule has 0 fully saturated rings. The van der Waals surface area contributed by atoms with Crippen LogP contribution in [0.2, 0.25) is 0 Å². The van der Waals surface area contributed by atoms with E-state index in [1.165, 1.54) is 6.07 Å². The van der Waals surface area contributed by atoms with Crippen molar-refractivity contribution >= 4 is 27.5 Å². The van der Waals surface area contributed by atoms with Crippen molar-refractivity contribution in [3.8, 4) is 0 Å². The molecule has 110 valence electrons. The fourth-order valence-electron chi connectivity index (χ4n) is 1.81. The summed E-state index contributed by atoms with van der Waals surface area (Å²) in [4.78, 5) is 23.9. The van der Waals surface area contributed by atoms with Crippen molar-refractivity contribution in [2.75, 3.05) is 19.6 Å². The van der Waals surface area contributed by atoms with Crippen molar-refractivity contribution in [2.45, 2.75) is 20.4 Å². The van der Waals surface area contributed by atoms with Crippen molar-refractivity contribution in [1.29, 1.82) is 0 Å². The Morgan fingerprint density at radius 2 is 2.05 bits per heavy atom. The van der Waals surface area contributed by atoms with E-state index in [4.69, 9.17) is 0 Å². The van der Waals surface area contributed by atoms with Crippen LogP contribution in [0.3, 0.4) is 0 Å². The van der Waals surface area contributed by atoms with Crippen LogP contribution in [0.15, 0.2) is 22.7 Å². The molecule has 1 N–H and O–H groups in total. The van der Waals surface area contributed by atoms with Crippen LogP contribution >= 0.6 is 15.9 Å². The van der Waals surface area contributed by atoms with Crippen LogP contribution < -0.4 is 5.32 Å². The molecule has 0 aliphatic rings. The molecule has 7 heteroatoms. The summed E-state index contributed by atoms with van der Waals surface area (Å²) >= 11 is 3.14. The monoisotopic (exact) mass is 343 g/mol. The number of benzene rings is 1. The third-order valence-corrected chi connectivity index (χ3v) is 3.60. The summed E-state index contributed by atoms with van der Waals surface area (Å²) in [5.74, 6) is 0.0293.